The summed E-state index contributed by atoms with van der Waals surface area (Å²) in [6, 6.07) is 11.5. The molecule has 0 bridgehead atoms. The van der Waals surface area contributed by atoms with E-state index in [1.807, 2.05) is 30.3 Å². The largest absolute Gasteiger partial charge is 0.343 e. The molecule has 0 aliphatic carbocycles. The van der Waals surface area contributed by atoms with Gasteiger partial charge in [-0.1, -0.05) is 30.3 Å². The average molecular weight is 390 g/mol. The maximum atomic E-state index is 12.7. The van der Waals surface area contributed by atoms with Crippen LogP contribution in [0.1, 0.15) is 41.0 Å². The Morgan fingerprint density at radius 1 is 1.15 bits per heavy atom. The first-order valence-corrected chi connectivity index (χ1v) is 10.9. The average Bonchev–Trinajstić information content (AvgIpc) is 3.29. The summed E-state index contributed by atoms with van der Waals surface area (Å²) in [7, 11) is -1.90. The lowest BCUT2D eigenvalue weighted by molar-refractivity contribution is 0.0783. The van der Waals surface area contributed by atoms with Crippen molar-refractivity contribution in [1.29, 1.82) is 0 Å². The Hall–Kier alpha value is -2.12. The Labute approximate surface area is 161 Å². The Morgan fingerprint density at radius 3 is 2.48 bits per heavy atom. The molecule has 1 aromatic heterocycles. The SMILES string of the molecule is Cc1c(S(=O)(=O)NCCCc2ccccc2)cc(C(=O)N2CCCC2)n1C. The second kappa shape index (κ2) is 8.27. The van der Waals surface area contributed by atoms with E-state index in [9.17, 15) is 13.2 Å². The summed E-state index contributed by atoms with van der Waals surface area (Å²) in [5, 5.41) is 0. The van der Waals surface area contributed by atoms with E-state index in [1.165, 1.54) is 11.6 Å². The van der Waals surface area contributed by atoms with Gasteiger partial charge in [0.1, 0.15) is 10.6 Å². The van der Waals surface area contributed by atoms with Crippen LogP contribution in [0.3, 0.4) is 0 Å². The highest BCUT2D eigenvalue weighted by atomic mass is 32.2. The lowest BCUT2D eigenvalue weighted by Gasteiger charge is -2.15. The third kappa shape index (κ3) is 4.42. The van der Waals surface area contributed by atoms with E-state index in [0.29, 0.717) is 24.4 Å². The standard InChI is InChI=1S/C20H27N3O3S/c1-16-19(15-18(22(16)2)20(24)23-13-6-7-14-23)27(25,26)21-12-8-11-17-9-4-3-5-10-17/h3-5,9-10,15,21H,6-8,11-14H2,1-2H3. The molecule has 1 aromatic carbocycles. The van der Waals surface area contributed by atoms with Crippen LogP contribution in [-0.4, -0.2) is 43.4 Å². The number of hydrogen-bond donors (Lipinski definition) is 1. The van der Waals surface area contributed by atoms with Crippen LogP contribution in [0.25, 0.3) is 0 Å². The minimum Gasteiger partial charge on any atom is -0.343 e. The van der Waals surface area contributed by atoms with Crippen LogP contribution < -0.4 is 4.72 Å². The fraction of sp³-hybridized carbons (Fsp3) is 0.450. The summed E-state index contributed by atoms with van der Waals surface area (Å²) in [4.78, 5) is 14.6. The Balaban J connectivity index is 1.67. The molecule has 7 heteroatoms. The van der Waals surface area contributed by atoms with E-state index in [-0.39, 0.29) is 10.8 Å². The zero-order valence-electron chi connectivity index (χ0n) is 15.9. The number of rotatable bonds is 7. The van der Waals surface area contributed by atoms with Gasteiger partial charge >= 0.3 is 0 Å². The molecular formula is C20H27N3O3S. The van der Waals surface area contributed by atoms with Gasteiger partial charge in [0.2, 0.25) is 10.0 Å². The van der Waals surface area contributed by atoms with Gasteiger partial charge in [0, 0.05) is 32.4 Å². The molecule has 146 valence electrons. The molecule has 1 amide bonds. The molecule has 0 saturated carbocycles. The van der Waals surface area contributed by atoms with E-state index in [4.69, 9.17) is 0 Å². The van der Waals surface area contributed by atoms with E-state index in [1.54, 1.807) is 23.4 Å². The number of nitrogens with zero attached hydrogens (tertiary/aromatic N) is 2. The lowest BCUT2D eigenvalue weighted by atomic mass is 10.1. The molecule has 27 heavy (non-hydrogen) atoms. The predicted molar refractivity (Wildman–Crippen MR) is 105 cm³/mol. The molecule has 1 aliphatic rings. The summed E-state index contributed by atoms with van der Waals surface area (Å²) in [6.07, 6.45) is 3.54. The van der Waals surface area contributed by atoms with E-state index >= 15 is 0 Å². The zero-order chi connectivity index (χ0) is 19.4. The quantitative estimate of drug-likeness (QED) is 0.740. The zero-order valence-corrected chi connectivity index (χ0v) is 16.8. The summed E-state index contributed by atoms with van der Waals surface area (Å²) < 4.78 is 29.8. The van der Waals surface area contributed by atoms with Crippen molar-refractivity contribution in [2.75, 3.05) is 19.6 Å². The number of sulfonamides is 1. The van der Waals surface area contributed by atoms with Crippen LogP contribution in [0.15, 0.2) is 41.3 Å². The molecule has 3 rings (SSSR count). The Bertz CT molecular complexity index is 898. The normalized spacial score (nSPS) is 14.7. The number of hydrogen-bond acceptors (Lipinski definition) is 3. The minimum absolute atomic E-state index is 0.0939. The molecule has 1 aliphatic heterocycles. The molecule has 0 radical (unpaired) electrons. The lowest BCUT2D eigenvalue weighted by Crippen LogP contribution is -2.29. The fourth-order valence-electron chi connectivity index (χ4n) is 3.45. The molecule has 0 atom stereocenters. The third-order valence-electron chi connectivity index (χ3n) is 5.17. The molecule has 0 unspecified atom stereocenters. The number of carbonyl (C=O) groups is 1. The van der Waals surface area contributed by atoms with Crippen molar-refractivity contribution in [1.82, 2.24) is 14.2 Å². The van der Waals surface area contributed by atoms with Crippen molar-refractivity contribution >= 4 is 15.9 Å². The first kappa shape index (κ1) is 19.6. The van der Waals surface area contributed by atoms with Crippen LogP contribution in [0.5, 0.6) is 0 Å². The first-order valence-electron chi connectivity index (χ1n) is 9.39. The summed E-state index contributed by atoms with van der Waals surface area (Å²) in [5.74, 6) is -0.0939. The first-order chi connectivity index (χ1) is 12.9. The van der Waals surface area contributed by atoms with Crippen molar-refractivity contribution < 1.29 is 13.2 Å². The molecule has 1 saturated heterocycles. The molecule has 1 fully saturated rings. The van der Waals surface area contributed by atoms with Crippen molar-refractivity contribution in [3.63, 3.8) is 0 Å². The highest BCUT2D eigenvalue weighted by molar-refractivity contribution is 7.89. The predicted octanol–water partition coefficient (Wildman–Crippen LogP) is 2.48. The summed E-state index contributed by atoms with van der Waals surface area (Å²) >= 11 is 0. The smallest absolute Gasteiger partial charge is 0.270 e. The van der Waals surface area contributed by atoms with Crippen molar-refractivity contribution in [3.8, 4) is 0 Å². The number of amides is 1. The maximum absolute atomic E-state index is 12.7. The molecule has 2 heterocycles. The van der Waals surface area contributed by atoms with Crippen LogP contribution in [0.2, 0.25) is 0 Å². The van der Waals surface area contributed by atoms with Crippen LogP contribution in [0.4, 0.5) is 0 Å². The van der Waals surface area contributed by atoms with Gasteiger partial charge in [0.15, 0.2) is 0 Å². The minimum atomic E-state index is -3.65. The monoisotopic (exact) mass is 389 g/mol. The molecule has 0 spiro atoms. The van der Waals surface area contributed by atoms with Crippen molar-refractivity contribution in [2.24, 2.45) is 7.05 Å². The van der Waals surface area contributed by atoms with Crippen LogP contribution in [-0.2, 0) is 23.5 Å². The van der Waals surface area contributed by atoms with Crippen LogP contribution >= 0.6 is 0 Å². The van der Waals surface area contributed by atoms with E-state index in [2.05, 4.69) is 4.72 Å². The van der Waals surface area contributed by atoms with Crippen molar-refractivity contribution in [2.45, 2.75) is 37.5 Å². The fourth-order valence-corrected chi connectivity index (χ4v) is 4.81. The number of likely N-dealkylation sites (tertiary alicyclic amines) is 1. The maximum Gasteiger partial charge on any atom is 0.270 e. The van der Waals surface area contributed by atoms with Gasteiger partial charge in [0.25, 0.3) is 5.91 Å². The number of aryl methyl sites for hydroxylation is 1. The van der Waals surface area contributed by atoms with E-state index < -0.39 is 10.0 Å². The van der Waals surface area contributed by atoms with Gasteiger partial charge < -0.3 is 9.47 Å². The van der Waals surface area contributed by atoms with Gasteiger partial charge in [-0.05, 0) is 44.2 Å². The Kier molecular flexibility index (Phi) is 6.01. The highest BCUT2D eigenvalue weighted by Crippen LogP contribution is 2.22. The van der Waals surface area contributed by atoms with E-state index in [0.717, 1.165) is 32.4 Å². The van der Waals surface area contributed by atoms with Gasteiger partial charge in [0.05, 0.1) is 0 Å². The molecular weight excluding hydrogens is 362 g/mol. The van der Waals surface area contributed by atoms with Gasteiger partial charge in [-0.2, -0.15) is 0 Å². The molecule has 2 aromatic rings. The Morgan fingerprint density at radius 2 is 1.81 bits per heavy atom. The molecule has 1 N–H and O–H groups in total. The van der Waals surface area contributed by atoms with Gasteiger partial charge in [-0.25, -0.2) is 13.1 Å². The third-order valence-corrected chi connectivity index (χ3v) is 6.74. The topological polar surface area (TPSA) is 71.4 Å². The summed E-state index contributed by atoms with van der Waals surface area (Å²) in [6.45, 7) is 3.58. The van der Waals surface area contributed by atoms with Crippen molar-refractivity contribution in [3.05, 3.63) is 53.3 Å². The van der Waals surface area contributed by atoms with Gasteiger partial charge in [-0.3, -0.25) is 4.79 Å². The second-order valence-corrected chi connectivity index (χ2v) is 8.76. The number of benzene rings is 1. The van der Waals surface area contributed by atoms with Crippen LogP contribution in [0, 0.1) is 6.92 Å². The number of nitrogens with one attached hydrogen (secondary N) is 1. The number of carbonyl (C=O) groups excluding carboxylic acids is 1. The summed E-state index contributed by atoms with van der Waals surface area (Å²) in [5.41, 5.74) is 2.19. The second-order valence-electron chi connectivity index (χ2n) is 7.02. The molecule has 6 nitrogen and oxygen atoms in total. The highest BCUT2D eigenvalue weighted by Gasteiger charge is 2.27. The van der Waals surface area contributed by atoms with Gasteiger partial charge in [-0.15, -0.1) is 0 Å². The number of aromatic nitrogens is 1.